The maximum Gasteiger partial charge on any atom is 0.430 e. The Morgan fingerprint density at radius 1 is 0.825 bits per heavy atom. The first-order valence-corrected chi connectivity index (χ1v) is 14.0. The summed E-state index contributed by atoms with van der Waals surface area (Å²) in [6.07, 6.45) is 4.84. The van der Waals surface area contributed by atoms with Crippen molar-refractivity contribution in [2.24, 2.45) is 5.73 Å². The fourth-order valence-electron chi connectivity index (χ4n) is 4.47. The monoisotopic (exact) mass is 550 g/mol. The van der Waals surface area contributed by atoms with Crippen LogP contribution in [0.25, 0.3) is 11.1 Å². The van der Waals surface area contributed by atoms with Crippen molar-refractivity contribution in [2.75, 3.05) is 11.4 Å². The van der Waals surface area contributed by atoms with Crippen molar-refractivity contribution in [3.05, 3.63) is 89.9 Å². The van der Waals surface area contributed by atoms with Gasteiger partial charge in [0.25, 0.3) is 0 Å². The lowest BCUT2D eigenvalue weighted by molar-refractivity contribution is -0.0925. The highest BCUT2D eigenvalue weighted by atomic mass is 19.4. The second-order valence-corrected chi connectivity index (χ2v) is 11.2. The summed E-state index contributed by atoms with van der Waals surface area (Å²) >= 11 is 0. The van der Waals surface area contributed by atoms with E-state index in [1.807, 2.05) is 12.1 Å². The Hall–Kier alpha value is -3.61. The van der Waals surface area contributed by atoms with E-state index in [9.17, 15) is 13.2 Å². The topological polar surface area (TPSA) is 66.0 Å². The van der Waals surface area contributed by atoms with E-state index in [2.05, 4.69) is 74.0 Å². The molecular formula is C33H41F3N4. The molecule has 0 aliphatic rings. The number of alkyl halides is 3. The summed E-state index contributed by atoms with van der Waals surface area (Å²) in [5, 5.41) is 7.90. The van der Waals surface area contributed by atoms with Crippen molar-refractivity contribution < 1.29 is 13.2 Å². The SMILES string of the molecule is CCCCCCCCN(c1ccc(-c2ccc(C(=N)C=C(N)C(F)(F)F)nc2)cc1)c1ccc(C(C)(C)C)cc1. The summed E-state index contributed by atoms with van der Waals surface area (Å²) in [5.41, 5.74) is 8.84. The summed E-state index contributed by atoms with van der Waals surface area (Å²) in [5.74, 6) is 0. The molecule has 0 fully saturated rings. The van der Waals surface area contributed by atoms with E-state index in [1.165, 1.54) is 43.7 Å². The fraction of sp³-hybridized carbons (Fsp3) is 0.394. The second-order valence-electron chi connectivity index (χ2n) is 11.2. The molecule has 40 heavy (non-hydrogen) atoms. The third-order valence-electron chi connectivity index (χ3n) is 6.96. The second kappa shape index (κ2) is 13.6. The molecule has 0 saturated heterocycles. The number of anilines is 2. The van der Waals surface area contributed by atoms with Gasteiger partial charge < -0.3 is 10.6 Å². The van der Waals surface area contributed by atoms with Gasteiger partial charge in [-0.2, -0.15) is 13.2 Å². The third-order valence-corrected chi connectivity index (χ3v) is 6.96. The molecule has 1 aromatic heterocycles. The third kappa shape index (κ3) is 8.70. The molecule has 0 aliphatic carbocycles. The van der Waals surface area contributed by atoms with E-state index in [0.717, 1.165) is 35.5 Å². The number of benzene rings is 2. The predicted molar refractivity (Wildman–Crippen MR) is 160 cm³/mol. The van der Waals surface area contributed by atoms with Crippen LogP contribution in [0.15, 0.2) is 78.6 Å². The van der Waals surface area contributed by atoms with Crippen LogP contribution in [0.4, 0.5) is 24.5 Å². The van der Waals surface area contributed by atoms with Crippen LogP contribution in [0.3, 0.4) is 0 Å². The quantitative estimate of drug-likeness (QED) is 0.174. The molecule has 0 atom stereocenters. The first kappa shape index (κ1) is 30.9. The van der Waals surface area contributed by atoms with Gasteiger partial charge in [-0.15, -0.1) is 0 Å². The summed E-state index contributed by atoms with van der Waals surface area (Å²) in [4.78, 5) is 6.55. The number of aromatic nitrogens is 1. The molecule has 3 N–H and O–H groups in total. The van der Waals surface area contributed by atoms with Crippen LogP contribution >= 0.6 is 0 Å². The molecular weight excluding hydrogens is 509 g/mol. The lowest BCUT2D eigenvalue weighted by Gasteiger charge is -2.27. The molecule has 2 aromatic carbocycles. The Labute approximate surface area is 236 Å². The number of halogens is 3. The minimum absolute atomic E-state index is 0.0909. The van der Waals surface area contributed by atoms with Crippen LogP contribution in [-0.2, 0) is 5.41 Å². The Morgan fingerprint density at radius 2 is 1.38 bits per heavy atom. The van der Waals surface area contributed by atoms with Gasteiger partial charge in [0.1, 0.15) is 5.70 Å². The average Bonchev–Trinajstić information content (AvgIpc) is 2.92. The van der Waals surface area contributed by atoms with Gasteiger partial charge in [-0.05, 0) is 59.4 Å². The highest BCUT2D eigenvalue weighted by Gasteiger charge is 2.31. The van der Waals surface area contributed by atoms with Crippen molar-refractivity contribution in [2.45, 2.75) is 77.8 Å². The minimum atomic E-state index is -4.68. The normalized spacial score (nSPS) is 12.4. The molecule has 1 heterocycles. The van der Waals surface area contributed by atoms with Crippen LogP contribution in [0.2, 0.25) is 0 Å². The van der Waals surface area contributed by atoms with Gasteiger partial charge in [0.2, 0.25) is 0 Å². The lowest BCUT2D eigenvalue weighted by Crippen LogP contribution is -2.20. The van der Waals surface area contributed by atoms with Crippen molar-refractivity contribution in [1.29, 1.82) is 5.41 Å². The summed E-state index contributed by atoms with van der Waals surface area (Å²) < 4.78 is 38.1. The smallest absolute Gasteiger partial charge is 0.395 e. The molecule has 0 unspecified atom stereocenters. The average molecular weight is 551 g/mol. The zero-order valence-corrected chi connectivity index (χ0v) is 24.0. The standard InChI is InChI=1S/C33H41F3N4/c1-5-6-7-8-9-10-21-40(28-18-14-26(15-19-28)32(2,3)4)27-16-11-24(12-17-27)25-13-20-30(39-23-25)29(37)22-31(38)33(34,35)36/h11-20,22-23,37H,5-10,21,38H2,1-4H3. The van der Waals surface area contributed by atoms with Crippen LogP contribution in [0.1, 0.15) is 77.5 Å². The van der Waals surface area contributed by atoms with E-state index < -0.39 is 11.9 Å². The van der Waals surface area contributed by atoms with Crippen molar-refractivity contribution >= 4 is 17.1 Å². The van der Waals surface area contributed by atoms with E-state index >= 15 is 0 Å². The van der Waals surface area contributed by atoms with Crippen LogP contribution in [-0.4, -0.2) is 23.4 Å². The number of hydrogen-bond donors (Lipinski definition) is 2. The number of nitrogens with two attached hydrogens (primary N) is 1. The molecule has 0 radical (unpaired) electrons. The maximum atomic E-state index is 12.7. The number of rotatable bonds is 12. The summed E-state index contributed by atoms with van der Waals surface area (Å²) in [7, 11) is 0. The molecule has 4 nitrogen and oxygen atoms in total. The largest absolute Gasteiger partial charge is 0.430 e. The van der Waals surface area contributed by atoms with Gasteiger partial charge >= 0.3 is 6.18 Å². The number of pyridine rings is 1. The van der Waals surface area contributed by atoms with Gasteiger partial charge in [-0.25, -0.2) is 0 Å². The Kier molecular flexibility index (Phi) is 10.5. The molecule has 3 aromatic rings. The molecule has 0 bridgehead atoms. The fourth-order valence-corrected chi connectivity index (χ4v) is 4.47. The minimum Gasteiger partial charge on any atom is -0.395 e. The predicted octanol–water partition coefficient (Wildman–Crippen LogP) is 9.32. The molecule has 214 valence electrons. The zero-order valence-electron chi connectivity index (χ0n) is 24.0. The number of nitrogens with one attached hydrogen (secondary N) is 1. The summed E-state index contributed by atoms with van der Waals surface area (Å²) in [6.45, 7) is 9.80. The molecule has 0 aliphatic heterocycles. The highest BCUT2D eigenvalue weighted by Crippen LogP contribution is 2.31. The number of nitrogens with zero attached hydrogens (tertiary/aromatic N) is 2. The molecule has 0 spiro atoms. The van der Waals surface area contributed by atoms with Crippen molar-refractivity contribution in [3.8, 4) is 11.1 Å². The van der Waals surface area contributed by atoms with Crippen LogP contribution < -0.4 is 10.6 Å². The Morgan fingerprint density at radius 3 is 1.90 bits per heavy atom. The Balaban J connectivity index is 1.78. The first-order chi connectivity index (χ1) is 18.9. The van der Waals surface area contributed by atoms with Crippen LogP contribution in [0.5, 0.6) is 0 Å². The van der Waals surface area contributed by atoms with E-state index in [4.69, 9.17) is 11.1 Å². The van der Waals surface area contributed by atoms with E-state index in [0.29, 0.717) is 6.08 Å². The highest BCUT2D eigenvalue weighted by molar-refractivity contribution is 6.05. The molecule has 3 rings (SSSR count). The zero-order chi connectivity index (χ0) is 29.3. The molecule has 0 saturated carbocycles. The van der Waals surface area contributed by atoms with Crippen molar-refractivity contribution in [3.63, 3.8) is 0 Å². The number of unbranched alkanes of at least 4 members (excludes halogenated alkanes) is 5. The lowest BCUT2D eigenvalue weighted by atomic mass is 9.87. The maximum absolute atomic E-state index is 12.7. The summed E-state index contributed by atoms with van der Waals surface area (Å²) in [6, 6.07) is 20.3. The molecule has 7 heteroatoms. The molecule has 0 amide bonds. The van der Waals surface area contributed by atoms with E-state index in [1.54, 1.807) is 12.3 Å². The van der Waals surface area contributed by atoms with E-state index in [-0.39, 0.29) is 16.8 Å². The Bertz CT molecular complexity index is 1250. The van der Waals surface area contributed by atoms with Crippen molar-refractivity contribution in [1.82, 2.24) is 4.98 Å². The van der Waals surface area contributed by atoms with Gasteiger partial charge in [-0.1, -0.05) is 90.1 Å². The van der Waals surface area contributed by atoms with Gasteiger partial charge in [0, 0.05) is 29.7 Å². The van der Waals surface area contributed by atoms with Gasteiger partial charge in [0.05, 0.1) is 11.4 Å². The number of allylic oxidation sites excluding steroid dienone is 2. The number of hydrogen-bond acceptors (Lipinski definition) is 4. The van der Waals surface area contributed by atoms with Crippen LogP contribution in [0, 0.1) is 5.41 Å². The first-order valence-electron chi connectivity index (χ1n) is 14.0. The van der Waals surface area contributed by atoms with Gasteiger partial charge in [0.15, 0.2) is 0 Å². The van der Waals surface area contributed by atoms with Gasteiger partial charge in [-0.3, -0.25) is 10.4 Å².